The Balaban J connectivity index is 1.75. The van der Waals surface area contributed by atoms with Gasteiger partial charge in [0.1, 0.15) is 11.9 Å². The number of hydrogen-bond acceptors (Lipinski definition) is 4. The summed E-state index contributed by atoms with van der Waals surface area (Å²) in [6, 6.07) is 8.41. The SMILES string of the molecule is CCOC(=O)N1CC2c3nccn3Cc3ccccc3N2C1. The van der Waals surface area contributed by atoms with Gasteiger partial charge in [-0.3, -0.25) is 4.90 Å². The van der Waals surface area contributed by atoms with Crippen LogP contribution in [0, 0.1) is 0 Å². The van der Waals surface area contributed by atoms with Crippen LogP contribution in [0.2, 0.25) is 0 Å². The number of nitrogens with zero attached hydrogens (tertiary/aromatic N) is 4. The predicted molar refractivity (Wildman–Crippen MR) is 81.6 cm³/mol. The number of benzene rings is 1. The third-order valence-corrected chi connectivity index (χ3v) is 4.31. The van der Waals surface area contributed by atoms with Crippen LogP contribution >= 0.6 is 0 Å². The highest BCUT2D eigenvalue weighted by Gasteiger charge is 2.39. The van der Waals surface area contributed by atoms with Crippen LogP contribution in [0.1, 0.15) is 24.4 Å². The quantitative estimate of drug-likeness (QED) is 0.810. The van der Waals surface area contributed by atoms with Crippen molar-refractivity contribution in [2.45, 2.75) is 19.5 Å². The van der Waals surface area contributed by atoms with E-state index in [-0.39, 0.29) is 12.1 Å². The molecule has 0 bridgehead atoms. The van der Waals surface area contributed by atoms with Crippen molar-refractivity contribution >= 4 is 11.8 Å². The Bertz CT molecular complexity index is 712. The average Bonchev–Trinajstić information content (AvgIpc) is 3.12. The molecule has 2 aromatic rings. The van der Waals surface area contributed by atoms with Crippen molar-refractivity contribution in [3.8, 4) is 0 Å². The van der Waals surface area contributed by atoms with Gasteiger partial charge in [0, 0.05) is 18.1 Å². The van der Waals surface area contributed by atoms with Gasteiger partial charge in [-0.2, -0.15) is 0 Å². The molecule has 0 radical (unpaired) electrons. The van der Waals surface area contributed by atoms with Crippen molar-refractivity contribution in [3.63, 3.8) is 0 Å². The summed E-state index contributed by atoms with van der Waals surface area (Å²) in [5.74, 6) is 1.00. The lowest BCUT2D eigenvalue weighted by Crippen LogP contribution is -2.31. The summed E-state index contributed by atoms with van der Waals surface area (Å²) in [6.45, 7) is 4.18. The molecule has 1 amide bonds. The Kier molecular flexibility index (Phi) is 3.03. The molecule has 2 aliphatic rings. The summed E-state index contributed by atoms with van der Waals surface area (Å²) >= 11 is 0. The predicted octanol–water partition coefficient (Wildman–Crippen LogP) is 2.22. The maximum Gasteiger partial charge on any atom is 0.411 e. The number of aromatic nitrogens is 2. The highest BCUT2D eigenvalue weighted by atomic mass is 16.6. The summed E-state index contributed by atoms with van der Waals surface area (Å²) < 4.78 is 7.32. The second kappa shape index (κ2) is 5.05. The van der Waals surface area contributed by atoms with Crippen LogP contribution in [-0.4, -0.2) is 40.4 Å². The van der Waals surface area contributed by atoms with Crippen LogP contribution in [0.4, 0.5) is 10.5 Å². The molecule has 0 N–H and O–H groups in total. The zero-order valence-electron chi connectivity index (χ0n) is 12.5. The Hall–Kier alpha value is -2.50. The summed E-state index contributed by atoms with van der Waals surface area (Å²) in [6.07, 6.45) is 3.57. The first kappa shape index (κ1) is 13.2. The van der Waals surface area contributed by atoms with Gasteiger partial charge in [-0.15, -0.1) is 0 Å². The van der Waals surface area contributed by atoms with E-state index in [1.807, 2.05) is 25.4 Å². The summed E-state index contributed by atoms with van der Waals surface area (Å²) in [5, 5.41) is 0. The number of para-hydroxylation sites is 1. The Morgan fingerprint density at radius 3 is 3.14 bits per heavy atom. The number of hydrogen-bond donors (Lipinski definition) is 0. The van der Waals surface area contributed by atoms with Crippen LogP contribution in [-0.2, 0) is 11.3 Å². The molecule has 22 heavy (non-hydrogen) atoms. The minimum absolute atomic E-state index is 0.0723. The lowest BCUT2D eigenvalue weighted by atomic mass is 10.1. The maximum absolute atomic E-state index is 12.1. The lowest BCUT2D eigenvalue weighted by molar-refractivity contribution is 0.115. The molecule has 1 unspecified atom stereocenters. The number of ether oxygens (including phenoxy) is 1. The van der Waals surface area contributed by atoms with Crippen LogP contribution < -0.4 is 4.90 Å². The molecule has 1 aromatic carbocycles. The Labute approximate surface area is 128 Å². The molecule has 2 aliphatic heterocycles. The third kappa shape index (κ3) is 1.94. The van der Waals surface area contributed by atoms with E-state index in [1.54, 1.807) is 4.90 Å². The van der Waals surface area contributed by atoms with Crippen molar-refractivity contribution < 1.29 is 9.53 Å². The van der Waals surface area contributed by atoms with E-state index < -0.39 is 0 Å². The van der Waals surface area contributed by atoms with Crippen LogP contribution in [0.3, 0.4) is 0 Å². The molecule has 1 aromatic heterocycles. The van der Waals surface area contributed by atoms with Gasteiger partial charge in [-0.25, -0.2) is 9.78 Å². The number of carbonyl (C=O) groups is 1. The van der Waals surface area contributed by atoms with Gasteiger partial charge < -0.3 is 14.2 Å². The molecule has 6 nitrogen and oxygen atoms in total. The summed E-state index contributed by atoms with van der Waals surface area (Å²) in [4.78, 5) is 20.6. The van der Waals surface area contributed by atoms with Crippen molar-refractivity contribution in [2.24, 2.45) is 0 Å². The molecule has 0 aliphatic carbocycles. The van der Waals surface area contributed by atoms with E-state index in [2.05, 4.69) is 32.7 Å². The van der Waals surface area contributed by atoms with E-state index >= 15 is 0 Å². The highest BCUT2D eigenvalue weighted by molar-refractivity contribution is 5.70. The number of fused-ring (bicyclic) bond motifs is 5. The number of amides is 1. The van der Waals surface area contributed by atoms with Crippen molar-refractivity contribution in [1.82, 2.24) is 14.5 Å². The second-order valence-electron chi connectivity index (χ2n) is 5.59. The molecule has 1 saturated heterocycles. The van der Waals surface area contributed by atoms with Gasteiger partial charge in [0.05, 0.1) is 26.4 Å². The van der Waals surface area contributed by atoms with E-state index in [9.17, 15) is 4.79 Å². The van der Waals surface area contributed by atoms with Gasteiger partial charge in [0.15, 0.2) is 0 Å². The first-order chi connectivity index (χ1) is 10.8. The fourth-order valence-corrected chi connectivity index (χ4v) is 3.32. The molecular formula is C16H18N4O2. The molecule has 1 fully saturated rings. The minimum atomic E-state index is -0.258. The van der Waals surface area contributed by atoms with Crippen LogP contribution in [0.5, 0.6) is 0 Å². The summed E-state index contributed by atoms with van der Waals surface area (Å²) in [7, 11) is 0. The molecule has 0 saturated carbocycles. The molecule has 0 spiro atoms. The zero-order chi connectivity index (χ0) is 15.1. The third-order valence-electron chi connectivity index (χ3n) is 4.31. The monoisotopic (exact) mass is 298 g/mol. The van der Waals surface area contributed by atoms with Gasteiger partial charge >= 0.3 is 6.09 Å². The van der Waals surface area contributed by atoms with Crippen molar-refractivity contribution in [1.29, 1.82) is 0 Å². The summed E-state index contributed by atoms with van der Waals surface area (Å²) in [5.41, 5.74) is 2.42. The highest BCUT2D eigenvalue weighted by Crippen LogP contribution is 2.37. The standard InChI is InChI=1S/C16H18N4O2/c1-2-22-16(21)19-10-14-15-17-7-8-18(15)9-12-5-3-4-6-13(12)20(14)11-19/h3-8,14H,2,9-11H2,1H3. The molecule has 114 valence electrons. The minimum Gasteiger partial charge on any atom is -0.450 e. The second-order valence-corrected chi connectivity index (χ2v) is 5.59. The molecule has 4 rings (SSSR count). The van der Waals surface area contributed by atoms with E-state index in [4.69, 9.17) is 4.74 Å². The molecule has 6 heteroatoms. The van der Waals surface area contributed by atoms with E-state index in [1.165, 1.54) is 11.3 Å². The van der Waals surface area contributed by atoms with Gasteiger partial charge in [0.25, 0.3) is 0 Å². The smallest absolute Gasteiger partial charge is 0.411 e. The number of rotatable bonds is 1. The van der Waals surface area contributed by atoms with Gasteiger partial charge in [-0.05, 0) is 18.6 Å². The van der Waals surface area contributed by atoms with Crippen LogP contribution in [0.25, 0.3) is 0 Å². The molecule has 3 heterocycles. The topological polar surface area (TPSA) is 50.6 Å². The van der Waals surface area contributed by atoms with E-state index in [0.717, 1.165) is 12.4 Å². The van der Waals surface area contributed by atoms with Crippen molar-refractivity contribution in [3.05, 3.63) is 48.0 Å². The normalized spacial score (nSPS) is 19.2. The number of imidazole rings is 1. The maximum atomic E-state index is 12.1. The first-order valence-corrected chi connectivity index (χ1v) is 7.55. The zero-order valence-corrected chi connectivity index (χ0v) is 12.5. The molecular weight excluding hydrogens is 280 g/mol. The lowest BCUT2D eigenvalue weighted by Gasteiger charge is -2.24. The fraction of sp³-hybridized carbons (Fsp3) is 0.375. The van der Waals surface area contributed by atoms with Gasteiger partial charge in [0.2, 0.25) is 0 Å². The average molecular weight is 298 g/mol. The fourth-order valence-electron chi connectivity index (χ4n) is 3.32. The first-order valence-electron chi connectivity index (χ1n) is 7.55. The van der Waals surface area contributed by atoms with Crippen LogP contribution in [0.15, 0.2) is 36.7 Å². The van der Waals surface area contributed by atoms with Gasteiger partial charge in [-0.1, -0.05) is 18.2 Å². The number of carbonyl (C=O) groups excluding carboxylic acids is 1. The number of anilines is 1. The largest absolute Gasteiger partial charge is 0.450 e. The van der Waals surface area contributed by atoms with Crippen molar-refractivity contribution in [2.75, 3.05) is 24.7 Å². The van der Waals surface area contributed by atoms with E-state index in [0.29, 0.717) is 19.8 Å². The molecule has 1 atom stereocenters. The Morgan fingerprint density at radius 2 is 2.27 bits per heavy atom. The Morgan fingerprint density at radius 1 is 1.41 bits per heavy atom.